The average molecular weight is 230 g/mol. The van der Waals surface area contributed by atoms with Crippen molar-refractivity contribution in [3.63, 3.8) is 0 Å². The van der Waals surface area contributed by atoms with E-state index in [9.17, 15) is 0 Å². The molecule has 90 valence electrons. The largest absolute Gasteiger partial charge is 0.373 e. The molecular weight excluding hydrogens is 212 g/mol. The van der Waals surface area contributed by atoms with E-state index in [0.29, 0.717) is 24.3 Å². The molecule has 1 aliphatic carbocycles. The molecule has 2 N–H and O–H groups in total. The fourth-order valence-electron chi connectivity index (χ4n) is 2.26. The van der Waals surface area contributed by atoms with Gasteiger partial charge in [0.1, 0.15) is 0 Å². The number of rotatable bonds is 3. The van der Waals surface area contributed by atoms with Gasteiger partial charge in [0.05, 0.1) is 24.3 Å². The van der Waals surface area contributed by atoms with Crippen LogP contribution in [0.25, 0.3) is 0 Å². The van der Waals surface area contributed by atoms with Gasteiger partial charge in [-0.25, -0.2) is 0 Å². The first-order valence-electron chi connectivity index (χ1n) is 6.06. The van der Waals surface area contributed by atoms with E-state index in [2.05, 4.69) is 6.07 Å². The van der Waals surface area contributed by atoms with Crippen LogP contribution in [0.4, 0.5) is 0 Å². The minimum Gasteiger partial charge on any atom is -0.373 e. The van der Waals surface area contributed by atoms with E-state index in [1.165, 1.54) is 0 Å². The van der Waals surface area contributed by atoms with E-state index in [1.807, 2.05) is 25.1 Å². The van der Waals surface area contributed by atoms with Crippen molar-refractivity contribution in [2.24, 2.45) is 5.73 Å². The molecule has 2 rings (SSSR count). The maximum absolute atomic E-state index is 8.79. The summed E-state index contributed by atoms with van der Waals surface area (Å²) in [6, 6.07) is 8.16. The molecule has 0 radical (unpaired) electrons. The Morgan fingerprint density at radius 1 is 1.47 bits per heavy atom. The van der Waals surface area contributed by atoms with E-state index in [4.69, 9.17) is 15.7 Å². The van der Waals surface area contributed by atoms with Crippen LogP contribution in [0.3, 0.4) is 0 Å². The van der Waals surface area contributed by atoms with Crippen LogP contribution in [-0.2, 0) is 11.3 Å². The summed E-state index contributed by atoms with van der Waals surface area (Å²) < 4.78 is 5.85. The van der Waals surface area contributed by atoms with Crippen LogP contribution < -0.4 is 5.73 Å². The molecule has 0 aliphatic heterocycles. The van der Waals surface area contributed by atoms with Gasteiger partial charge in [0.2, 0.25) is 0 Å². The van der Waals surface area contributed by atoms with E-state index in [-0.39, 0.29) is 0 Å². The van der Waals surface area contributed by atoms with Gasteiger partial charge in [0.25, 0.3) is 0 Å². The van der Waals surface area contributed by atoms with Crippen molar-refractivity contribution in [1.82, 2.24) is 0 Å². The van der Waals surface area contributed by atoms with Gasteiger partial charge in [-0.2, -0.15) is 5.26 Å². The molecule has 1 saturated carbocycles. The highest BCUT2D eigenvalue weighted by Gasteiger charge is 2.22. The minimum absolute atomic E-state index is 0.306. The zero-order valence-electron chi connectivity index (χ0n) is 10.1. The lowest BCUT2D eigenvalue weighted by Crippen LogP contribution is -2.17. The SMILES string of the molecule is Cc1cc(C#N)ccc1COC1CCC(N)C1. The van der Waals surface area contributed by atoms with Gasteiger partial charge in [0.15, 0.2) is 0 Å². The molecule has 0 aromatic heterocycles. The van der Waals surface area contributed by atoms with Gasteiger partial charge in [0, 0.05) is 6.04 Å². The molecule has 0 bridgehead atoms. The summed E-state index contributed by atoms with van der Waals surface area (Å²) in [5.74, 6) is 0. The number of hydrogen-bond acceptors (Lipinski definition) is 3. The Labute approximate surface area is 102 Å². The highest BCUT2D eigenvalue weighted by Crippen LogP contribution is 2.22. The summed E-state index contributed by atoms with van der Waals surface area (Å²) in [5, 5.41) is 8.79. The van der Waals surface area contributed by atoms with Crippen LogP contribution in [0.5, 0.6) is 0 Å². The quantitative estimate of drug-likeness (QED) is 0.866. The fourth-order valence-corrected chi connectivity index (χ4v) is 2.26. The maximum atomic E-state index is 8.79. The van der Waals surface area contributed by atoms with Gasteiger partial charge < -0.3 is 10.5 Å². The third kappa shape index (κ3) is 3.06. The van der Waals surface area contributed by atoms with Crippen molar-refractivity contribution in [3.8, 4) is 6.07 Å². The van der Waals surface area contributed by atoms with Crippen molar-refractivity contribution in [2.45, 2.75) is 44.9 Å². The minimum atomic E-state index is 0.306. The highest BCUT2D eigenvalue weighted by atomic mass is 16.5. The molecule has 0 amide bonds. The fraction of sp³-hybridized carbons (Fsp3) is 0.500. The normalized spacial score (nSPS) is 23.6. The Hall–Kier alpha value is -1.37. The summed E-state index contributed by atoms with van der Waals surface area (Å²) in [7, 11) is 0. The third-order valence-electron chi connectivity index (χ3n) is 3.37. The highest BCUT2D eigenvalue weighted by molar-refractivity contribution is 5.37. The molecule has 3 nitrogen and oxygen atoms in total. The molecule has 3 heteroatoms. The van der Waals surface area contributed by atoms with Crippen LogP contribution in [0, 0.1) is 18.3 Å². The van der Waals surface area contributed by atoms with Gasteiger partial charge in [-0.3, -0.25) is 0 Å². The summed E-state index contributed by atoms with van der Waals surface area (Å²) in [6.07, 6.45) is 3.41. The molecule has 1 aromatic carbocycles. The zero-order chi connectivity index (χ0) is 12.3. The molecule has 0 heterocycles. The maximum Gasteiger partial charge on any atom is 0.0991 e. The summed E-state index contributed by atoms with van der Waals surface area (Å²) in [5.41, 5.74) is 8.82. The number of nitrogens with two attached hydrogens (primary N) is 1. The van der Waals surface area contributed by atoms with Gasteiger partial charge >= 0.3 is 0 Å². The van der Waals surface area contributed by atoms with Crippen LogP contribution in [-0.4, -0.2) is 12.1 Å². The monoisotopic (exact) mass is 230 g/mol. The predicted molar refractivity (Wildman–Crippen MR) is 66.3 cm³/mol. The van der Waals surface area contributed by atoms with E-state index in [0.717, 1.165) is 30.4 Å². The van der Waals surface area contributed by atoms with E-state index < -0.39 is 0 Å². The topological polar surface area (TPSA) is 59.0 Å². The first kappa shape index (κ1) is 12.1. The smallest absolute Gasteiger partial charge is 0.0991 e. The lowest BCUT2D eigenvalue weighted by molar-refractivity contribution is 0.0446. The first-order chi connectivity index (χ1) is 8.19. The average Bonchev–Trinajstić information content (AvgIpc) is 2.73. The summed E-state index contributed by atoms with van der Waals surface area (Å²) in [6.45, 7) is 2.63. The Kier molecular flexibility index (Phi) is 3.78. The predicted octanol–water partition coefficient (Wildman–Crippen LogP) is 2.26. The molecule has 1 fully saturated rings. The molecule has 1 aromatic rings. The summed E-state index contributed by atoms with van der Waals surface area (Å²) >= 11 is 0. The second-order valence-electron chi connectivity index (χ2n) is 4.76. The third-order valence-corrected chi connectivity index (χ3v) is 3.37. The molecule has 1 aliphatic rings. The second kappa shape index (κ2) is 5.31. The lowest BCUT2D eigenvalue weighted by atomic mass is 10.1. The number of nitriles is 1. The van der Waals surface area contributed by atoms with Crippen molar-refractivity contribution in [3.05, 3.63) is 34.9 Å². The molecule has 0 saturated heterocycles. The van der Waals surface area contributed by atoms with Gasteiger partial charge in [-0.1, -0.05) is 6.07 Å². The Morgan fingerprint density at radius 2 is 2.29 bits per heavy atom. The van der Waals surface area contributed by atoms with Gasteiger partial charge in [-0.15, -0.1) is 0 Å². The zero-order valence-corrected chi connectivity index (χ0v) is 10.1. The van der Waals surface area contributed by atoms with Crippen molar-refractivity contribution in [2.75, 3.05) is 0 Å². The molecular formula is C14H18N2O. The van der Waals surface area contributed by atoms with E-state index in [1.54, 1.807) is 0 Å². The number of nitrogens with zero attached hydrogens (tertiary/aromatic N) is 1. The second-order valence-corrected chi connectivity index (χ2v) is 4.76. The Morgan fingerprint density at radius 3 is 2.88 bits per heavy atom. The number of hydrogen-bond donors (Lipinski definition) is 1. The first-order valence-corrected chi connectivity index (χ1v) is 6.06. The van der Waals surface area contributed by atoms with Crippen LogP contribution in [0.2, 0.25) is 0 Å². The van der Waals surface area contributed by atoms with Crippen molar-refractivity contribution < 1.29 is 4.74 Å². The van der Waals surface area contributed by atoms with Crippen molar-refractivity contribution >= 4 is 0 Å². The van der Waals surface area contributed by atoms with Gasteiger partial charge in [-0.05, 0) is 49.4 Å². The molecule has 2 atom stereocenters. The van der Waals surface area contributed by atoms with Crippen molar-refractivity contribution in [1.29, 1.82) is 5.26 Å². The molecule has 17 heavy (non-hydrogen) atoms. The molecule has 0 spiro atoms. The van der Waals surface area contributed by atoms with Crippen LogP contribution >= 0.6 is 0 Å². The number of ether oxygens (including phenoxy) is 1. The Bertz CT molecular complexity index is 436. The Balaban J connectivity index is 1.93. The van der Waals surface area contributed by atoms with Crippen LogP contribution in [0.15, 0.2) is 18.2 Å². The van der Waals surface area contributed by atoms with E-state index >= 15 is 0 Å². The molecule has 2 unspecified atom stereocenters. The number of benzene rings is 1. The van der Waals surface area contributed by atoms with Crippen LogP contribution in [0.1, 0.15) is 36.0 Å². The standard InChI is InChI=1S/C14H18N2O/c1-10-6-11(8-15)2-3-12(10)9-17-14-5-4-13(16)7-14/h2-3,6,13-14H,4-5,7,9,16H2,1H3. The number of aryl methyl sites for hydroxylation is 1. The lowest BCUT2D eigenvalue weighted by Gasteiger charge is -2.13. The summed E-state index contributed by atoms with van der Waals surface area (Å²) in [4.78, 5) is 0.